The lowest BCUT2D eigenvalue weighted by Gasteiger charge is -2.35. The topological polar surface area (TPSA) is 18.5 Å². The molecule has 2 heteroatoms. The summed E-state index contributed by atoms with van der Waals surface area (Å²) in [5.41, 5.74) is 12.2. The van der Waals surface area contributed by atoms with Gasteiger partial charge in [-0.05, 0) is 138 Å². The summed E-state index contributed by atoms with van der Waals surface area (Å²) in [6.07, 6.45) is 1.93. The summed E-state index contributed by atoms with van der Waals surface area (Å²) >= 11 is 0. The minimum absolute atomic E-state index is 0.172. The molecule has 0 spiro atoms. The fraction of sp³-hybridized carbons (Fsp3) is 0.550. The van der Waals surface area contributed by atoms with Gasteiger partial charge in [0.25, 0.3) is 0 Å². The Labute approximate surface area is 258 Å². The van der Waals surface area contributed by atoms with E-state index in [1.807, 2.05) is 0 Å². The van der Waals surface area contributed by atoms with Gasteiger partial charge in [-0.25, -0.2) is 0 Å². The van der Waals surface area contributed by atoms with Gasteiger partial charge in [0, 0.05) is 10.8 Å². The Morgan fingerprint density at radius 1 is 0.500 bits per heavy atom. The predicted molar refractivity (Wildman–Crippen MR) is 182 cm³/mol. The van der Waals surface area contributed by atoms with Gasteiger partial charge in [0.2, 0.25) is 0 Å². The molecule has 0 amide bonds. The summed E-state index contributed by atoms with van der Waals surface area (Å²) in [7, 11) is 0. The first-order chi connectivity index (χ1) is 19.2. The molecular weight excluding hydrogens is 512 g/mol. The van der Waals surface area contributed by atoms with E-state index < -0.39 is 0 Å². The fourth-order valence-electron chi connectivity index (χ4n) is 6.03. The van der Waals surface area contributed by atoms with Crippen molar-refractivity contribution in [2.45, 2.75) is 146 Å². The van der Waals surface area contributed by atoms with Crippen LogP contribution in [0.2, 0.25) is 0 Å². The first kappa shape index (κ1) is 33.8. The van der Waals surface area contributed by atoms with Crippen molar-refractivity contribution in [1.29, 1.82) is 0 Å². The summed E-state index contributed by atoms with van der Waals surface area (Å²) in [4.78, 5) is 0. The van der Waals surface area contributed by atoms with Gasteiger partial charge in [0.05, 0.1) is 0 Å². The molecule has 0 aromatic heterocycles. The number of aryl methyl sites for hydroxylation is 2. The van der Waals surface area contributed by atoms with Crippen molar-refractivity contribution in [3.05, 3.63) is 92.0 Å². The Kier molecular flexibility index (Phi) is 9.44. The van der Waals surface area contributed by atoms with Crippen LogP contribution in [0.3, 0.4) is 0 Å². The highest BCUT2D eigenvalue weighted by Gasteiger charge is 2.32. The highest BCUT2D eigenvalue weighted by Crippen LogP contribution is 2.44. The number of benzene rings is 3. The molecule has 3 aromatic rings. The van der Waals surface area contributed by atoms with Gasteiger partial charge >= 0.3 is 0 Å². The average molecular weight is 571 g/mol. The van der Waals surface area contributed by atoms with Gasteiger partial charge in [0.15, 0.2) is 0 Å². The zero-order valence-corrected chi connectivity index (χ0v) is 29.7. The van der Waals surface area contributed by atoms with Crippen molar-refractivity contribution in [1.82, 2.24) is 0 Å². The maximum atomic E-state index is 6.54. The van der Waals surface area contributed by atoms with Crippen molar-refractivity contribution in [2.24, 2.45) is 0 Å². The molecule has 0 fully saturated rings. The van der Waals surface area contributed by atoms with Gasteiger partial charge in [-0.15, -0.1) is 0 Å². The van der Waals surface area contributed by atoms with Crippen LogP contribution in [0.15, 0.2) is 36.4 Å². The molecule has 2 nitrogen and oxygen atoms in total. The Morgan fingerprint density at radius 2 is 0.833 bits per heavy atom. The van der Waals surface area contributed by atoms with Gasteiger partial charge in [-0.2, -0.15) is 0 Å². The van der Waals surface area contributed by atoms with Crippen molar-refractivity contribution < 1.29 is 9.47 Å². The van der Waals surface area contributed by atoms with Crippen LogP contribution in [0, 0.1) is 41.5 Å². The molecule has 0 unspecified atom stereocenters. The highest BCUT2D eigenvalue weighted by molar-refractivity contribution is 5.57. The second-order valence-electron chi connectivity index (χ2n) is 14.9. The molecule has 0 heterocycles. The Balaban J connectivity index is 2.10. The third-order valence-electron chi connectivity index (χ3n) is 10.2. The van der Waals surface area contributed by atoms with E-state index >= 15 is 0 Å². The Bertz CT molecular complexity index is 1340. The zero-order chi connectivity index (χ0) is 32.0. The first-order valence-electron chi connectivity index (χ1n) is 15.9. The van der Waals surface area contributed by atoms with Crippen molar-refractivity contribution in [3.63, 3.8) is 0 Å². The molecular formula is C40H58O2. The Morgan fingerprint density at radius 3 is 1.14 bits per heavy atom. The minimum atomic E-state index is -0.190. The summed E-state index contributed by atoms with van der Waals surface area (Å²) in [5.74, 6) is 2.06. The van der Waals surface area contributed by atoms with Crippen LogP contribution in [0.25, 0.3) is 0 Å². The zero-order valence-electron chi connectivity index (χ0n) is 29.7. The second-order valence-corrected chi connectivity index (χ2v) is 14.9. The maximum absolute atomic E-state index is 6.54. The third kappa shape index (κ3) is 6.43. The molecule has 3 rings (SSSR count). The Hall–Kier alpha value is -2.74. The largest absolute Gasteiger partial charge is 0.487 e. The van der Waals surface area contributed by atoms with Crippen LogP contribution in [0.1, 0.15) is 138 Å². The van der Waals surface area contributed by atoms with Gasteiger partial charge in [-0.3, -0.25) is 0 Å². The third-order valence-corrected chi connectivity index (χ3v) is 10.2. The van der Waals surface area contributed by atoms with Crippen molar-refractivity contribution >= 4 is 0 Å². The molecule has 0 saturated carbocycles. The summed E-state index contributed by atoms with van der Waals surface area (Å²) in [6, 6.07) is 14.0. The van der Waals surface area contributed by atoms with E-state index in [0.29, 0.717) is 0 Å². The molecule has 3 aromatic carbocycles. The number of hydrogen-bond donors (Lipinski definition) is 0. The van der Waals surface area contributed by atoms with Crippen molar-refractivity contribution in [3.8, 4) is 11.5 Å². The predicted octanol–water partition coefficient (Wildman–Crippen LogP) is 11.3. The second kappa shape index (κ2) is 11.7. The van der Waals surface area contributed by atoms with Crippen LogP contribution in [0.5, 0.6) is 11.5 Å². The molecule has 0 aliphatic rings. The smallest absolute Gasteiger partial charge is 0.126 e. The van der Waals surface area contributed by atoms with Crippen LogP contribution in [-0.4, -0.2) is 11.2 Å². The van der Waals surface area contributed by atoms with Crippen LogP contribution < -0.4 is 9.47 Å². The van der Waals surface area contributed by atoms with Gasteiger partial charge in [0.1, 0.15) is 22.7 Å². The molecule has 0 N–H and O–H groups in total. The van der Waals surface area contributed by atoms with E-state index in [2.05, 4.69) is 147 Å². The average Bonchev–Trinajstić information content (AvgIpc) is 2.93. The van der Waals surface area contributed by atoms with Gasteiger partial charge < -0.3 is 9.47 Å². The minimum Gasteiger partial charge on any atom is -0.487 e. The van der Waals surface area contributed by atoms with Gasteiger partial charge in [-0.1, -0.05) is 77.9 Å². The quantitative estimate of drug-likeness (QED) is 0.241. The molecule has 0 radical (unpaired) electrons. The molecule has 230 valence electrons. The molecule has 0 aliphatic carbocycles. The van der Waals surface area contributed by atoms with Crippen LogP contribution in [-0.2, 0) is 10.8 Å². The first-order valence-corrected chi connectivity index (χ1v) is 15.9. The van der Waals surface area contributed by atoms with E-state index in [9.17, 15) is 0 Å². The van der Waals surface area contributed by atoms with E-state index in [0.717, 1.165) is 24.3 Å². The number of rotatable bonds is 10. The molecule has 0 saturated heterocycles. The SMILES string of the molecule is CCC(C)(C)Oc1c(C)cc(C(C)(C)c2cccc(C(C)(C)c3cc(C)c(OC(C)(C)CC)c(C)c3C)c2)c(C)c1C. The lowest BCUT2D eigenvalue weighted by molar-refractivity contribution is 0.103. The number of ether oxygens (including phenoxy) is 2. The maximum Gasteiger partial charge on any atom is 0.126 e. The molecule has 0 atom stereocenters. The lowest BCUT2D eigenvalue weighted by Crippen LogP contribution is -2.29. The van der Waals surface area contributed by atoms with Crippen molar-refractivity contribution in [2.75, 3.05) is 0 Å². The summed E-state index contributed by atoms with van der Waals surface area (Å²) in [5, 5.41) is 0. The molecule has 0 aliphatic heterocycles. The molecule has 0 bridgehead atoms. The normalized spacial score (nSPS) is 13.0. The lowest BCUT2D eigenvalue weighted by atomic mass is 9.71. The summed E-state index contributed by atoms with van der Waals surface area (Å²) < 4.78 is 13.1. The standard InChI is InChI=1S/C40H58O2/c1-17-37(9,10)41-35-25(3)22-33(27(5)29(35)7)39(13,14)31-20-19-21-32(24-31)40(15,16)34-23-26(4)36(30(8)28(34)6)42-38(11,12)18-2/h19-24H,17-18H2,1-16H3. The van der Waals surface area contributed by atoms with Crippen LogP contribution in [0.4, 0.5) is 0 Å². The van der Waals surface area contributed by atoms with E-state index in [1.54, 1.807) is 0 Å². The fourth-order valence-corrected chi connectivity index (χ4v) is 6.03. The monoisotopic (exact) mass is 570 g/mol. The van der Waals surface area contributed by atoms with Crippen LogP contribution >= 0.6 is 0 Å². The molecule has 42 heavy (non-hydrogen) atoms. The highest BCUT2D eigenvalue weighted by atomic mass is 16.5. The van der Waals surface area contributed by atoms with E-state index in [4.69, 9.17) is 9.47 Å². The summed E-state index contributed by atoms with van der Waals surface area (Å²) in [6.45, 7) is 35.8. The van der Waals surface area contributed by atoms with E-state index in [-0.39, 0.29) is 22.0 Å². The number of hydrogen-bond acceptors (Lipinski definition) is 2. The van der Waals surface area contributed by atoms with E-state index in [1.165, 1.54) is 55.6 Å².